The molecule has 0 radical (unpaired) electrons. The zero-order valence-electron chi connectivity index (χ0n) is 24.4. The Kier molecular flexibility index (Phi) is 9.76. The Labute approximate surface area is 253 Å². The van der Waals surface area contributed by atoms with E-state index in [1.54, 1.807) is 4.90 Å². The highest BCUT2D eigenvalue weighted by Crippen LogP contribution is 2.31. The number of hydrogen-bond donors (Lipinski definition) is 1. The molecule has 224 valence electrons. The highest BCUT2D eigenvalue weighted by atomic mass is 32.2. The van der Waals surface area contributed by atoms with E-state index in [0.29, 0.717) is 37.7 Å². The van der Waals surface area contributed by atoms with Gasteiger partial charge in [-0.3, -0.25) is 9.69 Å². The molecule has 4 aromatic rings. The van der Waals surface area contributed by atoms with Crippen molar-refractivity contribution in [1.29, 1.82) is 0 Å². The van der Waals surface area contributed by atoms with Crippen LogP contribution in [-0.2, 0) is 21.2 Å². The van der Waals surface area contributed by atoms with Crippen LogP contribution in [0, 0.1) is 0 Å². The first-order chi connectivity index (χ1) is 20.9. The topological polar surface area (TPSA) is 88.2 Å². The highest BCUT2D eigenvalue weighted by molar-refractivity contribution is 7.89. The molecule has 0 unspecified atom stereocenters. The zero-order valence-corrected chi connectivity index (χ0v) is 25.2. The van der Waals surface area contributed by atoms with Crippen LogP contribution in [0.2, 0.25) is 0 Å². The van der Waals surface area contributed by atoms with Crippen molar-refractivity contribution in [3.63, 3.8) is 0 Å². The van der Waals surface area contributed by atoms with Gasteiger partial charge >= 0.3 is 0 Å². The van der Waals surface area contributed by atoms with E-state index in [2.05, 4.69) is 33.9 Å². The molecule has 43 heavy (non-hydrogen) atoms. The molecule has 1 N–H and O–H groups in total. The van der Waals surface area contributed by atoms with Gasteiger partial charge in [0.2, 0.25) is 15.9 Å². The van der Waals surface area contributed by atoms with E-state index in [1.165, 1.54) is 43.5 Å². The number of piperazine rings is 1. The molecule has 1 amide bonds. The average Bonchev–Trinajstić information content (AvgIpc) is 3.05. The summed E-state index contributed by atoms with van der Waals surface area (Å²) in [6.07, 6.45) is 0.225. The van der Waals surface area contributed by atoms with Gasteiger partial charge in [0.05, 0.1) is 25.2 Å². The Balaban J connectivity index is 1.36. The second kappa shape index (κ2) is 13.9. The fraction of sp³-hybridized carbons (Fsp3) is 0.265. The Morgan fingerprint density at radius 1 is 0.744 bits per heavy atom. The summed E-state index contributed by atoms with van der Waals surface area (Å²) in [4.78, 5) is 18.1. The number of benzene rings is 4. The molecule has 1 aliphatic heterocycles. The molecule has 1 atom stereocenters. The SMILES string of the molecule is COc1ccc(S(=O)(=O)N[C@H](Cc2ccccc2)C(=O)N2CCN(C(c3ccccc3)c3ccccc3)CC2)cc1OC. The van der Waals surface area contributed by atoms with Gasteiger partial charge in [-0.1, -0.05) is 91.0 Å². The molecular weight excluding hydrogens is 562 g/mol. The molecule has 1 aliphatic rings. The third kappa shape index (κ3) is 7.25. The van der Waals surface area contributed by atoms with Gasteiger partial charge in [0.25, 0.3) is 0 Å². The second-order valence-electron chi connectivity index (χ2n) is 10.5. The second-order valence-corrected chi connectivity index (χ2v) is 12.2. The van der Waals surface area contributed by atoms with Crippen molar-refractivity contribution in [1.82, 2.24) is 14.5 Å². The molecule has 0 aliphatic carbocycles. The van der Waals surface area contributed by atoms with Gasteiger partial charge in [-0.05, 0) is 35.2 Å². The Morgan fingerprint density at radius 3 is 1.81 bits per heavy atom. The van der Waals surface area contributed by atoms with Gasteiger partial charge in [-0.25, -0.2) is 8.42 Å². The fourth-order valence-corrected chi connectivity index (χ4v) is 6.78. The van der Waals surface area contributed by atoms with E-state index in [1.807, 2.05) is 66.7 Å². The maximum atomic E-state index is 14.0. The van der Waals surface area contributed by atoms with Crippen molar-refractivity contribution in [3.8, 4) is 11.5 Å². The predicted molar refractivity (Wildman–Crippen MR) is 167 cm³/mol. The quantitative estimate of drug-likeness (QED) is 0.273. The molecule has 1 saturated heterocycles. The number of amides is 1. The van der Waals surface area contributed by atoms with Crippen LogP contribution in [0.3, 0.4) is 0 Å². The van der Waals surface area contributed by atoms with Crippen molar-refractivity contribution in [2.24, 2.45) is 0 Å². The van der Waals surface area contributed by atoms with Crippen molar-refractivity contribution >= 4 is 15.9 Å². The van der Waals surface area contributed by atoms with Crippen LogP contribution in [0.4, 0.5) is 0 Å². The largest absolute Gasteiger partial charge is 0.493 e. The third-order valence-electron chi connectivity index (χ3n) is 7.77. The van der Waals surface area contributed by atoms with Gasteiger partial charge in [0, 0.05) is 32.2 Å². The minimum Gasteiger partial charge on any atom is -0.493 e. The van der Waals surface area contributed by atoms with E-state index in [-0.39, 0.29) is 23.3 Å². The molecule has 0 aromatic heterocycles. The Morgan fingerprint density at radius 2 is 1.28 bits per heavy atom. The number of ether oxygens (including phenoxy) is 2. The predicted octanol–water partition coefficient (Wildman–Crippen LogP) is 4.53. The third-order valence-corrected chi connectivity index (χ3v) is 9.23. The molecule has 1 heterocycles. The van der Waals surface area contributed by atoms with Crippen molar-refractivity contribution in [2.45, 2.75) is 23.4 Å². The first kappa shape index (κ1) is 30.3. The molecule has 1 fully saturated rings. The molecule has 0 spiro atoms. The summed E-state index contributed by atoms with van der Waals surface area (Å²) in [5.41, 5.74) is 3.25. The summed E-state index contributed by atoms with van der Waals surface area (Å²) in [6, 6.07) is 33.6. The van der Waals surface area contributed by atoms with Crippen molar-refractivity contribution in [2.75, 3.05) is 40.4 Å². The summed E-state index contributed by atoms with van der Waals surface area (Å²) in [5.74, 6) is 0.461. The average molecular weight is 600 g/mol. The summed E-state index contributed by atoms with van der Waals surface area (Å²) in [7, 11) is -1.13. The van der Waals surface area contributed by atoms with Crippen molar-refractivity contribution in [3.05, 3.63) is 126 Å². The number of carbonyl (C=O) groups is 1. The van der Waals surface area contributed by atoms with E-state index in [0.717, 1.165) is 5.56 Å². The van der Waals surface area contributed by atoms with E-state index in [9.17, 15) is 13.2 Å². The molecular formula is C34H37N3O5S. The smallest absolute Gasteiger partial charge is 0.241 e. The van der Waals surface area contributed by atoms with E-state index < -0.39 is 16.1 Å². The minimum absolute atomic E-state index is 0.00519. The summed E-state index contributed by atoms with van der Waals surface area (Å²) in [6.45, 7) is 2.28. The van der Waals surface area contributed by atoms with Crippen LogP contribution in [0.15, 0.2) is 114 Å². The van der Waals surface area contributed by atoms with Crippen LogP contribution in [0.5, 0.6) is 11.5 Å². The lowest BCUT2D eigenvalue weighted by Crippen LogP contribution is -2.56. The normalized spacial score (nSPS) is 14.8. The number of nitrogens with one attached hydrogen (secondary N) is 1. The minimum atomic E-state index is -4.06. The fourth-order valence-electron chi connectivity index (χ4n) is 5.57. The van der Waals surface area contributed by atoms with Crippen LogP contribution >= 0.6 is 0 Å². The molecule has 4 aromatic carbocycles. The molecule has 8 nitrogen and oxygen atoms in total. The summed E-state index contributed by atoms with van der Waals surface area (Å²) < 4.78 is 40.4. The highest BCUT2D eigenvalue weighted by Gasteiger charge is 2.33. The van der Waals surface area contributed by atoms with Gasteiger partial charge in [0.15, 0.2) is 11.5 Å². The van der Waals surface area contributed by atoms with E-state index in [4.69, 9.17) is 9.47 Å². The molecule has 0 saturated carbocycles. The first-order valence-corrected chi connectivity index (χ1v) is 15.8. The van der Waals surface area contributed by atoms with Crippen LogP contribution in [-0.4, -0.2) is 70.6 Å². The molecule has 5 rings (SSSR count). The standard InChI is InChI=1S/C34H37N3O5S/c1-41-31-19-18-29(25-32(31)42-2)43(39,40)35-30(24-26-12-6-3-7-13-26)34(38)37-22-20-36(21-23-37)33(27-14-8-4-9-15-27)28-16-10-5-11-17-28/h3-19,25,30,33,35H,20-24H2,1-2H3/t30-/m1/s1. The lowest BCUT2D eigenvalue weighted by atomic mass is 9.96. The number of sulfonamides is 1. The maximum absolute atomic E-state index is 14.0. The van der Waals surface area contributed by atoms with Gasteiger partial charge in [0.1, 0.15) is 6.04 Å². The lowest BCUT2D eigenvalue weighted by molar-refractivity contribution is -0.135. The summed E-state index contributed by atoms with van der Waals surface area (Å²) in [5, 5.41) is 0. The number of hydrogen-bond acceptors (Lipinski definition) is 6. The van der Waals surface area contributed by atoms with Gasteiger partial charge < -0.3 is 14.4 Å². The maximum Gasteiger partial charge on any atom is 0.241 e. The zero-order chi connectivity index (χ0) is 30.2. The Hall–Kier alpha value is -4.18. The van der Waals surface area contributed by atoms with Crippen LogP contribution in [0.25, 0.3) is 0 Å². The van der Waals surface area contributed by atoms with Gasteiger partial charge in [-0.15, -0.1) is 0 Å². The molecule has 9 heteroatoms. The van der Waals surface area contributed by atoms with Crippen molar-refractivity contribution < 1.29 is 22.7 Å². The number of methoxy groups -OCH3 is 2. The van der Waals surface area contributed by atoms with E-state index >= 15 is 0 Å². The monoisotopic (exact) mass is 599 g/mol. The lowest BCUT2D eigenvalue weighted by Gasteiger charge is -2.40. The number of nitrogens with zero attached hydrogens (tertiary/aromatic N) is 2. The Bertz CT molecular complexity index is 1550. The van der Waals surface area contributed by atoms with Crippen LogP contribution in [0.1, 0.15) is 22.7 Å². The molecule has 0 bridgehead atoms. The first-order valence-electron chi connectivity index (χ1n) is 14.3. The van der Waals surface area contributed by atoms with Crippen LogP contribution < -0.4 is 14.2 Å². The number of rotatable bonds is 11. The van der Waals surface area contributed by atoms with Gasteiger partial charge in [-0.2, -0.15) is 4.72 Å². The number of carbonyl (C=O) groups excluding carboxylic acids is 1. The summed E-state index contributed by atoms with van der Waals surface area (Å²) >= 11 is 0.